The molecule has 3 N–H and O–H groups in total. The molecule has 1 aliphatic carbocycles. The first kappa shape index (κ1) is 49.7. The lowest BCUT2D eigenvalue weighted by Crippen LogP contribution is -2.49. The molecule has 2 atom stereocenters. The Balaban J connectivity index is 0.000000220. The van der Waals surface area contributed by atoms with Crippen molar-refractivity contribution in [1.29, 1.82) is 5.26 Å². The normalized spacial score (nSPS) is 17.9. The number of fused-ring (bicyclic) bond motifs is 2. The van der Waals surface area contributed by atoms with Gasteiger partial charge in [-0.05, 0) is 87.8 Å². The Kier molecular flexibility index (Phi) is 16.7. The molecule has 8 rings (SSSR count). The molecule has 3 aromatic carbocycles. The van der Waals surface area contributed by atoms with Gasteiger partial charge in [0.05, 0.1) is 59.6 Å². The lowest BCUT2D eigenvalue weighted by molar-refractivity contribution is -0.120. The van der Waals surface area contributed by atoms with Crippen LogP contribution in [-0.2, 0) is 16.6 Å². The minimum absolute atomic E-state index is 0.0363. The van der Waals surface area contributed by atoms with Crippen molar-refractivity contribution in [2.45, 2.75) is 96.6 Å². The van der Waals surface area contributed by atoms with Crippen LogP contribution in [0.3, 0.4) is 0 Å². The van der Waals surface area contributed by atoms with E-state index >= 15 is 0 Å². The van der Waals surface area contributed by atoms with Crippen molar-refractivity contribution in [2.24, 2.45) is 7.05 Å². The highest BCUT2D eigenvalue weighted by Crippen LogP contribution is 2.41. The maximum absolute atomic E-state index is 14.8. The van der Waals surface area contributed by atoms with Gasteiger partial charge in [0.25, 0.3) is 11.5 Å². The van der Waals surface area contributed by atoms with E-state index in [-0.39, 0.29) is 65.5 Å². The third kappa shape index (κ3) is 11.3. The number of nitrogens with one attached hydrogen (secondary N) is 3. The van der Waals surface area contributed by atoms with E-state index in [0.29, 0.717) is 40.6 Å². The lowest BCUT2D eigenvalue weighted by Gasteiger charge is -2.32. The number of amides is 3. The second-order valence-electron chi connectivity index (χ2n) is 16.1. The number of carbonyl (C=O) groups excluding carboxylic acids is 2. The number of halogens is 4. The maximum atomic E-state index is 14.8. The lowest BCUT2D eigenvalue weighted by atomic mass is 9.86. The molecule has 0 bridgehead atoms. The zero-order chi connectivity index (χ0) is 47.7. The van der Waals surface area contributed by atoms with E-state index in [1.807, 2.05) is 45.1 Å². The number of imide groups is 1. The van der Waals surface area contributed by atoms with Crippen molar-refractivity contribution in [1.82, 2.24) is 34.3 Å². The van der Waals surface area contributed by atoms with E-state index in [9.17, 15) is 37.2 Å². The first-order valence-corrected chi connectivity index (χ1v) is 23.0. The van der Waals surface area contributed by atoms with E-state index in [4.69, 9.17) is 9.47 Å². The molecule has 2 aromatic heterocycles. The quantitative estimate of drug-likeness (QED) is 0.0803. The number of carbonyl (C=O) groups is 2. The van der Waals surface area contributed by atoms with Crippen LogP contribution in [0, 0.1) is 23.0 Å². The minimum atomic E-state index is -3.05. The monoisotopic (exact) mass is 936 g/mol. The van der Waals surface area contributed by atoms with E-state index in [2.05, 4.69) is 25.4 Å². The second kappa shape index (κ2) is 22.2. The Hall–Kier alpha value is -5.75. The maximum Gasteiger partial charge on any atom is 0.329 e. The second-order valence-corrected chi connectivity index (χ2v) is 17.1. The molecule has 0 spiro atoms. The van der Waals surface area contributed by atoms with Gasteiger partial charge in [-0.1, -0.05) is 40.0 Å². The van der Waals surface area contributed by atoms with Gasteiger partial charge in [-0.3, -0.25) is 29.1 Å². The highest BCUT2D eigenvalue weighted by Gasteiger charge is 2.44. The highest BCUT2D eigenvalue weighted by atomic mass is 32.2. The van der Waals surface area contributed by atoms with Gasteiger partial charge in [-0.25, -0.2) is 31.6 Å². The number of alkyl halides is 2. The number of aromatic nitrogens is 4. The van der Waals surface area contributed by atoms with Gasteiger partial charge in [0.1, 0.15) is 23.2 Å². The molecule has 3 aliphatic rings. The van der Waals surface area contributed by atoms with E-state index in [1.54, 1.807) is 23.7 Å². The number of aryl methyl sites for hydroxylation is 1. The van der Waals surface area contributed by atoms with Crippen LogP contribution in [0.5, 0.6) is 11.5 Å². The molecule has 2 unspecified atom stereocenters. The summed E-state index contributed by atoms with van der Waals surface area (Å²) in [6.07, 6.45) is 7.74. The Morgan fingerprint density at radius 2 is 1.80 bits per heavy atom. The number of urea groups is 1. The molecule has 3 amide bonds. The minimum Gasteiger partial charge on any atom is -0.453 e. The van der Waals surface area contributed by atoms with Gasteiger partial charge in [0.2, 0.25) is 5.91 Å². The SMILES string of the molecule is CC.CCN(C)SNc1ccc(F)c(Oc2ccc3ncn(C(C)COC4CCCCC4)c(=O)c3c2)c1C#N.Cn1nc(N2CCC(=O)NC2=O)c2cc(F)c(C3CCNCC3(F)F)cc21. The average molecular weight is 937 g/mol. The van der Waals surface area contributed by atoms with Crippen molar-refractivity contribution in [2.75, 3.05) is 49.5 Å². The third-order valence-electron chi connectivity index (χ3n) is 11.7. The number of hydrogen-bond donors (Lipinski definition) is 3. The van der Waals surface area contributed by atoms with Crippen molar-refractivity contribution >= 4 is 57.4 Å². The first-order chi connectivity index (χ1) is 31.7. The van der Waals surface area contributed by atoms with Crippen LogP contribution in [0.25, 0.3) is 21.8 Å². The summed E-state index contributed by atoms with van der Waals surface area (Å²) in [5.41, 5.74) is 1.13. The molecule has 2 aliphatic heterocycles. The number of nitrogens with zero attached hydrogens (tertiary/aromatic N) is 7. The van der Waals surface area contributed by atoms with Crippen LogP contribution < -0.4 is 30.6 Å². The molecule has 354 valence electrons. The molecule has 66 heavy (non-hydrogen) atoms. The van der Waals surface area contributed by atoms with E-state index in [1.165, 1.54) is 71.6 Å². The fourth-order valence-corrected chi connectivity index (χ4v) is 8.52. The van der Waals surface area contributed by atoms with Crippen LogP contribution in [0.2, 0.25) is 0 Å². The number of anilines is 2. The van der Waals surface area contributed by atoms with Crippen LogP contribution >= 0.6 is 12.1 Å². The Bertz CT molecular complexity index is 2630. The summed E-state index contributed by atoms with van der Waals surface area (Å²) in [6, 6.07) is 11.3. The number of hydrogen-bond acceptors (Lipinski definition) is 12. The fraction of sp³-hybridized carbons (Fsp3) is 0.478. The first-order valence-electron chi connectivity index (χ1n) is 22.2. The number of ether oxygens (including phenoxy) is 2. The molecular formula is C46H56F4N10O5S. The number of rotatable bonds is 12. The molecule has 2 saturated heterocycles. The van der Waals surface area contributed by atoms with Gasteiger partial charge in [-0.15, -0.1) is 0 Å². The van der Waals surface area contributed by atoms with Gasteiger partial charge in [-0.2, -0.15) is 10.4 Å². The molecule has 20 heteroatoms. The molecule has 5 aromatic rings. The van der Waals surface area contributed by atoms with Crippen LogP contribution in [-0.4, -0.2) is 87.4 Å². The summed E-state index contributed by atoms with van der Waals surface area (Å²) in [6.45, 7) is 9.13. The molecule has 0 radical (unpaired) electrons. The summed E-state index contributed by atoms with van der Waals surface area (Å²) >= 11 is 1.29. The van der Waals surface area contributed by atoms with Crippen LogP contribution in [0.15, 0.2) is 53.6 Å². The molecule has 15 nitrogen and oxygen atoms in total. The van der Waals surface area contributed by atoms with Crippen molar-refractivity contribution in [3.8, 4) is 17.6 Å². The van der Waals surface area contributed by atoms with Crippen LogP contribution in [0.1, 0.15) is 95.7 Å². The van der Waals surface area contributed by atoms with Crippen molar-refractivity contribution in [3.05, 3.63) is 81.9 Å². The molecule has 3 fully saturated rings. The fourth-order valence-electron chi connectivity index (χ4n) is 7.97. The predicted octanol–water partition coefficient (Wildman–Crippen LogP) is 8.93. The predicted molar refractivity (Wildman–Crippen MR) is 247 cm³/mol. The zero-order valence-corrected chi connectivity index (χ0v) is 38.7. The number of nitriles is 1. The summed E-state index contributed by atoms with van der Waals surface area (Å²) < 4.78 is 78.0. The average Bonchev–Trinajstić information content (AvgIpc) is 3.62. The number of benzene rings is 3. The molecule has 4 heterocycles. The van der Waals surface area contributed by atoms with E-state index in [0.717, 1.165) is 25.5 Å². The van der Waals surface area contributed by atoms with Gasteiger partial charge >= 0.3 is 6.03 Å². The Morgan fingerprint density at radius 1 is 1.05 bits per heavy atom. The summed E-state index contributed by atoms with van der Waals surface area (Å²) in [5, 5.41) is 19.5. The van der Waals surface area contributed by atoms with Gasteiger partial charge < -0.3 is 19.5 Å². The third-order valence-corrected chi connectivity index (χ3v) is 12.5. The molecular weight excluding hydrogens is 881 g/mol. The van der Waals surface area contributed by atoms with Crippen molar-refractivity contribution < 1.29 is 36.6 Å². The van der Waals surface area contributed by atoms with Crippen LogP contribution in [0.4, 0.5) is 33.9 Å². The van der Waals surface area contributed by atoms with Gasteiger partial charge in [0.15, 0.2) is 17.4 Å². The smallest absolute Gasteiger partial charge is 0.329 e. The Labute approximate surface area is 385 Å². The highest BCUT2D eigenvalue weighted by molar-refractivity contribution is 7.98. The summed E-state index contributed by atoms with van der Waals surface area (Å²) in [4.78, 5) is 42.4. The van der Waals surface area contributed by atoms with E-state index < -0.39 is 42.0 Å². The topological polar surface area (TPSA) is 172 Å². The van der Waals surface area contributed by atoms with Crippen molar-refractivity contribution in [3.63, 3.8) is 0 Å². The Morgan fingerprint density at radius 3 is 2.50 bits per heavy atom. The zero-order valence-electron chi connectivity index (χ0n) is 37.9. The molecule has 1 saturated carbocycles. The standard InChI is InChI=1S/C27H32FN5O3S.C17H18F3N5O2.C2H6/c1-4-32(3)37-31-25-13-11-23(28)26(22(25)15-29)36-20-10-12-24-21(14-20)27(34)33(17-30-24)18(2)16-35-19-8-6-5-7-9-19;1-24-13-7-9(11-2-4-21-8-17(11,19)20)12(18)6-10(13)15(23-24)25-5-3-14(26)22-16(25)27;1-2/h10-14,17-19,31H,4-9,16H2,1-3H3;6-7,11,21H,2-5,8H2,1H3,(H,22,26,27);1-2H3. The largest absolute Gasteiger partial charge is 0.453 e. The summed E-state index contributed by atoms with van der Waals surface area (Å²) in [5.74, 6) is -5.87. The van der Waals surface area contributed by atoms with Gasteiger partial charge in [0, 0.05) is 44.1 Å². The number of piperidine rings is 1. The summed E-state index contributed by atoms with van der Waals surface area (Å²) in [7, 11) is 3.49.